The number of benzene rings is 1. The lowest BCUT2D eigenvalue weighted by atomic mass is 9.74. The minimum atomic E-state index is -1.20. The Morgan fingerprint density at radius 2 is 1.93 bits per heavy atom. The Morgan fingerprint density at radius 3 is 2.60 bits per heavy atom. The minimum absolute atomic E-state index is 0.0937. The van der Waals surface area contributed by atoms with Crippen molar-refractivity contribution < 1.29 is 19.1 Å². The van der Waals surface area contributed by atoms with Crippen LogP contribution in [0.2, 0.25) is 5.02 Å². The molecule has 0 bridgehead atoms. The summed E-state index contributed by atoms with van der Waals surface area (Å²) in [4.78, 5) is 50.9. The van der Waals surface area contributed by atoms with E-state index in [1.54, 1.807) is 24.3 Å². The molecule has 1 aromatic heterocycles. The number of nitrogens with zero attached hydrogens (tertiary/aromatic N) is 3. The van der Waals surface area contributed by atoms with Crippen LogP contribution in [0.5, 0.6) is 0 Å². The van der Waals surface area contributed by atoms with E-state index in [-0.39, 0.29) is 17.0 Å². The highest BCUT2D eigenvalue weighted by atomic mass is 35.5. The van der Waals surface area contributed by atoms with E-state index in [0.29, 0.717) is 23.4 Å². The van der Waals surface area contributed by atoms with Crippen molar-refractivity contribution in [2.75, 3.05) is 13.7 Å². The van der Waals surface area contributed by atoms with Crippen LogP contribution in [0.3, 0.4) is 0 Å². The predicted octanol–water partition coefficient (Wildman–Crippen LogP) is 2.09. The van der Waals surface area contributed by atoms with E-state index in [2.05, 4.69) is 5.10 Å². The number of likely N-dealkylation sites (N-methyl/N-ethyl adjacent to an activating group) is 1. The van der Waals surface area contributed by atoms with Crippen LogP contribution >= 0.6 is 11.6 Å². The number of aromatic nitrogens is 2. The third-order valence-corrected chi connectivity index (χ3v) is 5.75. The van der Waals surface area contributed by atoms with Crippen LogP contribution in [0.4, 0.5) is 0 Å². The molecule has 158 valence electrons. The largest absolute Gasteiger partial charge is 0.451 e. The monoisotopic (exact) mass is 431 g/mol. The first kappa shape index (κ1) is 21.7. The Hall–Kier alpha value is -3.00. The lowest BCUT2D eigenvalue weighted by molar-refractivity contribution is -0.150. The average Bonchev–Trinajstić information content (AvgIpc) is 2.74. The quantitative estimate of drug-likeness (QED) is 0.672. The number of halogens is 1. The van der Waals surface area contributed by atoms with Crippen molar-refractivity contribution in [3.63, 3.8) is 0 Å². The molecule has 30 heavy (non-hydrogen) atoms. The molecule has 0 N–H and O–H groups in total. The summed E-state index contributed by atoms with van der Waals surface area (Å²) in [5.41, 5.74) is -1.10. The normalized spacial score (nSPS) is 18.7. The first-order valence-corrected chi connectivity index (χ1v) is 9.91. The van der Waals surface area contributed by atoms with Gasteiger partial charge in [-0.25, -0.2) is 9.48 Å². The molecule has 1 aromatic carbocycles. The number of Topliss-reactive ketones (excluding diaryl/α,β-unsaturated/α-hetero) is 1. The lowest BCUT2D eigenvalue weighted by Gasteiger charge is -2.43. The van der Waals surface area contributed by atoms with Crippen molar-refractivity contribution >= 4 is 29.3 Å². The molecule has 1 atom stereocenters. The molecule has 3 rings (SSSR count). The molecule has 0 radical (unpaired) electrons. The molecule has 0 aliphatic heterocycles. The fourth-order valence-corrected chi connectivity index (χ4v) is 4.04. The van der Waals surface area contributed by atoms with Gasteiger partial charge >= 0.3 is 5.97 Å². The summed E-state index contributed by atoms with van der Waals surface area (Å²) in [7, 11) is 2.92. The number of carbonyl (C=O) groups excluding carboxylic acids is 3. The zero-order valence-electron chi connectivity index (χ0n) is 16.8. The predicted molar refractivity (Wildman–Crippen MR) is 109 cm³/mol. The molecular formula is C21H22ClN3O5. The van der Waals surface area contributed by atoms with Crippen molar-refractivity contribution in [3.05, 3.63) is 63.0 Å². The van der Waals surface area contributed by atoms with E-state index in [4.69, 9.17) is 16.3 Å². The molecule has 1 aliphatic rings. The van der Waals surface area contributed by atoms with E-state index < -0.39 is 24.0 Å². The fraction of sp³-hybridized carbons (Fsp3) is 0.381. The third kappa shape index (κ3) is 4.00. The Balaban J connectivity index is 1.82. The van der Waals surface area contributed by atoms with Gasteiger partial charge in [0.25, 0.3) is 11.5 Å². The van der Waals surface area contributed by atoms with Gasteiger partial charge in [0.15, 0.2) is 18.1 Å². The average molecular weight is 432 g/mol. The molecule has 9 heteroatoms. The van der Waals surface area contributed by atoms with Gasteiger partial charge in [-0.3, -0.25) is 14.4 Å². The maximum atomic E-state index is 13.0. The number of aryl methyl sites for hydroxylation is 1. The number of carbonyl (C=O) groups is 3. The van der Waals surface area contributed by atoms with Gasteiger partial charge in [0.05, 0.1) is 0 Å². The van der Waals surface area contributed by atoms with Gasteiger partial charge < -0.3 is 9.64 Å². The first-order chi connectivity index (χ1) is 14.3. The smallest absolute Gasteiger partial charge is 0.359 e. The summed E-state index contributed by atoms with van der Waals surface area (Å²) in [6.07, 6.45) is 2.29. The Morgan fingerprint density at radius 1 is 1.20 bits per heavy atom. The van der Waals surface area contributed by atoms with E-state index >= 15 is 0 Å². The zero-order valence-corrected chi connectivity index (χ0v) is 17.5. The topological polar surface area (TPSA) is 98.6 Å². The van der Waals surface area contributed by atoms with Crippen LogP contribution in [-0.2, 0) is 26.9 Å². The highest BCUT2D eigenvalue weighted by Crippen LogP contribution is 2.42. The van der Waals surface area contributed by atoms with Crippen molar-refractivity contribution in [2.24, 2.45) is 7.05 Å². The second-order valence-electron chi connectivity index (χ2n) is 7.18. The van der Waals surface area contributed by atoms with Crippen molar-refractivity contribution in [3.8, 4) is 0 Å². The van der Waals surface area contributed by atoms with Gasteiger partial charge in [-0.15, -0.1) is 0 Å². The minimum Gasteiger partial charge on any atom is -0.451 e. The number of ketones is 1. The molecule has 1 aliphatic carbocycles. The summed E-state index contributed by atoms with van der Waals surface area (Å²) in [6, 6.07) is 9.38. The number of hydrogen-bond acceptors (Lipinski definition) is 6. The summed E-state index contributed by atoms with van der Waals surface area (Å²) < 4.78 is 6.09. The third-order valence-electron chi connectivity index (χ3n) is 5.42. The van der Waals surface area contributed by atoms with Crippen molar-refractivity contribution in [2.45, 2.75) is 31.2 Å². The standard InChI is InChI=1S/C21H22ClN3O5/c1-24(19(28)13-30-20(29)16-10-11-18(27)25(2)23-16)21(12-6-5-9-17(21)26)14-7-3-4-8-15(14)22/h3-4,7-8,10-11H,5-6,9,12-13H2,1-2H3. The van der Waals surface area contributed by atoms with Gasteiger partial charge in [-0.2, -0.15) is 5.10 Å². The molecular weight excluding hydrogens is 410 g/mol. The van der Waals surface area contributed by atoms with Crippen molar-refractivity contribution in [1.29, 1.82) is 0 Å². The van der Waals surface area contributed by atoms with Crippen molar-refractivity contribution in [1.82, 2.24) is 14.7 Å². The van der Waals surface area contributed by atoms with Crippen LogP contribution in [0.15, 0.2) is 41.2 Å². The summed E-state index contributed by atoms with van der Waals surface area (Å²) in [6.45, 7) is -0.570. The molecule has 1 saturated carbocycles. The van der Waals surface area contributed by atoms with E-state index in [1.165, 1.54) is 31.1 Å². The van der Waals surface area contributed by atoms with E-state index in [0.717, 1.165) is 17.5 Å². The number of hydrogen-bond donors (Lipinski definition) is 0. The lowest BCUT2D eigenvalue weighted by Crippen LogP contribution is -2.55. The molecule has 1 unspecified atom stereocenters. The van der Waals surface area contributed by atoms with Gasteiger partial charge in [0.1, 0.15) is 5.54 Å². The Bertz CT molecular complexity index is 1050. The summed E-state index contributed by atoms with van der Waals surface area (Å²) in [5, 5.41) is 4.21. The summed E-state index contributed by atoms with van der Waals surface area (Å²) >= 11 is 6.38. The molecule has 8 nitrogen and oxygen atoms in total. The van der Waals surface area contributed by atoms with Crippen LogP contribution < -0.4 is 5.56 Å². The molecule has 0 saturated heterocycles. The molecule has 1 amide bonds. The fourth-order valence-electron chi connectivity index (χ4n) is 3.75. The van der Waals surface area contributed by atoms with Crippen LogP contribution in [0.25, 0.3) is 0 Å². The SMILES string of the molecule is CN(C(=O)COC(=O)c1ccc(=O)n(C)n1)C1(c2ccccc2Cl)CCCCC1=O. The zero-order chi connectivity index (χ0) is 21.9. The van der Waals surface area contributed by atoms with Gasteiger partial charge in [-0.1, -0.05) is 29.8 Å². The number of amides is 1. The van der Waals surface area contributed by atoms with Crippen LogP contribution in [-0.4, -0.2) is 46.0 Å². The van der Waals surface area contributed by atoms with Gasteiger partial charge in [0, 0.05) is 37.2 Å². The Kier molecular flexibility index (Phi) is 6.36. The highest BCUT2D eigenvalue weighted by Gasteiger charge is 2.48. The molecule has 0 spiro atoms. The van der Waals surface area contributed by atoms with Crippen LogP contribution in [0, 0.1) is 0 Å². The summed E-state index contributed by atoms with van der Waals surface area (Å²) in [5.74, 6) is -1.47. The highest BCUT2D eigenvalue weighted by molar-refractivity contribution is 6.31. The van der Waals surface area contributed by atoms with Gasteiger partial charge in [0.2, 0.25) is 0 Å². The van der Waals surface area contributed by atoms with Gasteiger partial charge in [-0.05, 0) is 31.4 Å². The maximum Gasteiger partial charge on any atom is 0.359 e. The maximum absolute atomic E-state index is 13.0. The van der Waals surface area contributed by atoms with E-state index in [1.807, 2.05) is 0 Å². The van der Waals surface area contributed by atoms with Crippen LogP contribution in [0.1, 0.15) is 41.7 Å². The second kappa shape index (κ2) is 8.79. The number of rotatable bonds is 5. The molecule has 1 fully saturated rings. The second-order valence-corrected chi connectivity index (χ2v) is 7.59. The number of esters is 1. The molecule has 1 heterocycles. The van der Waals surface area contributed by atoms with E-state index in [9.17, 15) is 19.2 Å². The Labute approximate surface area is 178 Å². The molecule has 2 aromatic rings. The first-order valence-electron chi connectivity index (χ1n) is 9.54. The number of ether oxygens (including phenoxy) is 1.